The summed E-state index contributed by atoms with van der Waals surface area (Å²) in [5.74, 6) is -1.21. The fourth-order valence-electron chi connectivity index (χ4n) is 4.00. The monoisotopic (exact) mass is 528 g/mol. The second kappa shape index (κ2) is 11.5. The molecule has 0 spiro atoms. The van der Waals surface area contributed by atoms with Crippen molar-refractivity contribution in [3.8, 4) is 11.5 Å². The first-order valence-electron chi connectivity index (χ1n) is 11.5. The molecular formula is C28H27ClF2N2O4. The summed E-state index contributed by atoms with van der Waals surface area (Å²) in [5, 5.41) is 15.9. The van der Waals surface area contributed by atoms with Gasteiger partial charge in [-0.3, -0.25) is 14.9 Å². The highest BCUT2D eigenvalue weighted by atomic mass is 35.5. The second-order valence-corrected chi connectivity index (χ2v) is 8.89. The Morgan fingerprint density at radius 3 is 2.05 bits per heavy atom. The summed E-state index contributed by atoms with van der Waals surface area (Å²) in [6.07, 6.45) is 0.0160. The molecule has 0 radical (unpaired) electrons. The fraction of sp³-hybridized carbons (Fsp3) is 0.214. The summed E-state index contributed by atoms with van der Waals surface area (Å²) in [5.41, 5.74) is 0.720. The molecule has 9 heteroatoms. The van der Waals surface area contributed by atoms with E-state index in [4.69, 9.17) is 4.74 Å². The van der Waals surface area contributed by atoms with E-state index in [1.165, 1.54) is 12.1 Å². The van der Waals surface area contributed by atoms with Crippen molar-refractivity contribution in [1.82, 2.24) is 5.32 Å². The van der Waals surface area contributed by atoms with Crippen LogP contribution < -0.4 is 26.2 Å². The molecule has 0 saturated heterocycles. The molecule has 4 aromatic carbocycles. The highest BCUT2D eigenvalue weighted by Gasteiger charge is 2.22. The van der Waals surface area contributed by atoms with E-state index < -0.39 is 40.3 Å². The molecule has 37 heavy (non-hydrogen) atoms. The summed E-state index contributed by atoms with van der Waals surface area (Å²) in [7, 11) is 0. The van der Waals surface area contributed by atoms with Gasteiger partial charge in [-0.1, -0.05) is 24.3 Å². The van der Waals surface area contributed by atoms with Crippen molar-refractivity contribution in [1.29, 1.82) is 0 Å². The van der Waals surface area contributed by atoms with Crippen LogP contribution in [0.25, 0.3) is 0 Å². The third-order valence-electron chi connectivity index (χ3n) is 5.76. The van der Waals surface area contributed by atoms with Gasteiger partial charge in [0.15, 0.2) is 5.75 Å². The number of hydrogen-bond donors (Lipinski definition) is 3. The van der Waals surface area contributed by atoms with E-state index in [0.29, 0.717) is 17.0 Å². The SMILES string of the molecule is CC(C)Oc1ccc(C(NC(C)c2cc(F)cc(F)c2)c2cccc(Nc3c(O)c(=O)c3=O)c2)cc1.Cl. The number of nitrogens with one attached hydrogen (secondary N) is 2. The zero-order valence-electron chi connectivity index (χ0n) is 20.4. The standard InChI is InChI=1S/C28H26F2N2O4.ClH/c1-15(2)36-23-9-7-17(8-10-23)24(31-16(3)19-11-20(29)14-21(30)12-19)18-5-4-6-22(13-18)32-25-26(33)28(35)27(25)34;/h4-16,24,31-33H,1-3H3;1H. The van der Waals surface area contributed by atoms with Crippen LogP contribution in [0.3, 0.4) is 0 Å². The van der Waals surface area contributed by atoms with E-state index in [9.17, 15) is 23.5 Å². The Kier molecular flexibility index (Phi) is 8.68. The molecule has 0 aliphatic carbocycles. The van der Waals surface area contributed by atoms with Crippen molar-refractivity contribution in [3.05, 3.63) is 116 Å². The van der Waals surface area contributed by atoms with Gasteiger partial charge in [-0.2, -0.15) is 0 Å². The summed E-state index contributed by atoms with van der Waals surface area (Å²) < 4.78 is 33.5. The minimum atomic E-state index is -0.923. The van der Waals surface area contributed by atoms with Crippen molar-refractivity contribution < 1.29 is 18.6 Å². The summed E-state index contributed by atoms with van der Waals surface area (Å²) in [6, 6.07) is 17.1. The molecule has 0 heterocycles. The zero-order valence-corrected chi connectivity index (χ0v) is 21.2. The molecule has 3 N–H and O–H groups in total. The average molecular weight is 529 g/mol. The number of aromatic hydroxyl groups is 1. The molecule has 0 saturated carbocycles. The predicted molar refractivity (Wildman–Crippen MR) is 142 cm³/mol. The van der Waals surface area contributed by atoms with Crippen molar-refractivity contribution >= 4 is 23.8 Å². The second-order valence-electron chi connectivity index (χ2n) is 8.89. The van der Waals surface area contributed by atoms with Crippen LogP contribution in [-0.4, -0.2) is 11.2 Å². The molecule has 2 unspecified atom stereocenters. The zero-order chi connectivity index (χ0) is 26.0. The minimum absolute atomic E-state index is 0. The van der Waals surface area contributed by atoms with Gasteiger partial charge in [-0.15, -0.1) is 12.4 Å². The van der Waals surface area contributed by atoms with Crippen LogP contribution >= 0.6 is 12.4 Å². The lowest BCUT2D eigenvalue weighted by Gasteiger charge is -2.26. The third kappa shape index (κ3) is 6.34. The Labute approximate surface area is 219 Å². The van der Waals surface area contributed by atoms with E-state index in [0.717, 1.165) is 17.2 Å². The minimum Gasteiger partial charge on any atom is -0.502 e. The fourth-order valence-corrected chi connectivity index (χ4v) is 4.00. The van der Waals surface area contributed by atoms with Gasteiger partial charge in [0, 0.05) is 17.8 Å². The van der Waals surface area contributed by atoms with Crippen molar-refractivity contribution in [2.45, 2.75) is 39.0 Å². The van der Waals surface area contributed by atoms with E-state index in [2.05, 4.69) is 10.6 Å². The first-order valence-corrected chi connectivity index (χ1v) is 11.5. The number of halogens is 3. The molecule has 0 aliphatic heterocycles. The number of rotatable bonds is 9. The highest BCUT2D eigenvalue weighted by Crippen LogP contribution is 2.31. The molecule has 2 atom stereocenters. The van der Waals surface area contributed by atoms with Crippen LogP contribution in [0.2, 0.25) is 0 Å². The van der Waals surface area contributed by atoms with Gasteiger partial charge in [0.1, 0.15) is 23.1 Å². The van der Waals surface area contributed by atoms with E-state index in [-0.39, 0.29) is 24.2 Å². The quantitative estimate of drug-likeness (QED) is 0.243. The maximum Gasteiger partial charge on any atom is 0.271 e. The summed E-state index contributed by atoms with van der Waals surface area (Å²) in [6.45, 7) is 5.68. The van der Waals surface area contributed by atoms with Crippen molar-refractivity contribution in [2.24, 2.45) is 0 Å². The van der Waals surface area contributed by atoms with Crippen LogP contribution in [0.5, 0.6) is 11.5 Å². The molecule has 0 fully saturated rings. The number of ether oxygens (including phenoxy) is 1. The number of benzene rings is 3. The van der Waals surface area contributed by atoms with Gasteiger partial charge < -0.3 is 15.2 Å². The van der Waals surface area contributed by atoms with Gasteiger partial charge in [0.05, 0.1) is 12.1 Å². The molecule has 4 rings (SSSR count). The predicted octanol–water partition coefficient (Wildman–Crippen LogP) is 5.66. The lowest BCUT2D eigenvalue weighted by Crippen LogP contribution is -2.32. The van der Waals surface area contributed by atoms with E-state index in [1.807, 2.05) is 44.2 Å². The van der Waals surface area contributed by atoms with Crippen molar-refractivity contribution in [2.75, 3.05) is 5.32 Å². The summed E-state index contributed by atoms with van der Waals surface area (Å²) >= 11 is 0. The normalized spacial score (nSPS) is 12.7. The van der Waals surface area contributed by atoms with Gasteiger partial charge in [0.2, 0.25) is 0 Å². The van der Waals surface area contributed by atoms with Gasteiger partial charge in [-0.25, -0.2) is 8.78 Å². The Hall–Kier alpha value is -3.75. The van der Waals surface area contributed by atoms with Crippen LogP contribution in [-0.2, 0) is 0 Å². The molecule has 4 aromatic rings. The van der Waals surface area contributed by atoms with Gasteiger partial charge >= 0.3 is 0 Å². The molecular weight excluding hydrogens is 502 g/mol. The van der Waals surface area contributed by atoms with Crippen molar-refractivity contribution in [3.63, 3.8) is 0 Å². The molecule has 0 bridgehead atoms. The maximum atomic E-state index is 13.9. The van der Waals surface area contributed by atoms with Gasteiger partial charge in [0.25, 0.3) is 10.9 Å². The molecule has 194 valence electrons. The molecule has 0 aromatic heterocycles. The van der Waals surface area contributed by atoms with Crippen LogP contribution in [0.4, 0.5) is 20.2 Å². The third-order valence-corrected chi connectivity index (χ3v) is 5.76. The summed E-state index contributed by atoms with van der Waals surface area (Å²) in [4.78, 5) is 23.1. The Morgan fingerprint density at radius 1 is 0.811 bits per heavy atom. The molecule has 0 aliphatic rings. The maximum absolute atomic E-state index is 13.9. The Morgan fingerprint density at radius 2 is 1.46 bits per heavy atom. The van der Waals surface area contributed by atoms with E-state index in [1.54, 1.807) is 25.1 Å². The number of anilines is 2. The van der Waals surface area contributed by atoms with Gasteiger partial charge in [-0.05, 0) is 73.9 Å². The first-order chi connectivity index (χ1) is 17.1. The first kappa shape index (κ1) is 27.8. The van der Waals surface area contributed by atoms with Crippen LogP contribution in [0.15, 0.2) is 76.3 Å². The lowest BCUT2D eigenvalue weighted by atomic mass is 9.96. The Bertz CT molecular complexity index is 1430. The van der Waals surface area contributed by atoms with Crippen LogP contribution in [0.1, 0.15) is 49.5 Å². The number of hydrogen-bond acceptors (Lipinski definition) is 6. The average Bonchev–Trinajstić information content (AvgIpc) is 2.85. The topological polar surface area (TPSA) is 87.7 Å². The largest absolute Gasteiger partial charge is 0.502 e. The van der Waals surface area contributed by atoms with Crippen LogP contribution in [0, 0.1) is 11.6 Å². The molecule has 6 nitrogen and oxygen atoms in total. The Balaban J connectivity index is 0.00000380. The highest BCUT2D eigenvalue weighted by molar-refractivity contribution is 5.85. The lowest BCUT2D eigenvalue weighted by molar-refractivity contribution is 0.242. The van der Waals surface area contributed by atoms with E-state index >= 15 is 0 Å². The smallest absolute Gasteiger partial charge is 0.271 e. The molecule has 0 amide bonds.